The predicted octanol–water partition coefficient (Wildman–Crippen LogP) is 3.41. The summed E-state index contributed by atoms with van der Waals surface area (Å²) in [6.07, 6.45) is 12.7. The first kappa shape index (κ1) is 14.3. The number of rotatable bonds is 4. The van der Waals surface area contributed by atoms with Crippen molar-refractivity contribution in [2.24, 2.45) is 17.6 Å². The molecule has 0 aromatic carbocycles. The van der Waals surface area contributed by atoms with Gasteiger partial charge in [-0.05, 0) is 57.0 Å². The predicted molar refractivity (Wildman–Crippen MR) is 78.6 cm³/mol. The molecule has 1 saturated heterocycles. The van der Waals surface area contributed by atoms with Crippen molar-refractivity contribution >= 4 is 0 Å². The van der Waals surface area contributed by atoms with Crippen LogP contribution in [-0.2, 0) is 0 Å². The van der Waals surface area contributed by atoms with Crippen LogP contribution >= 0.6 is 0 Å². The fourth-order valence-electron chi connectivity index (χ4n) is 4.08. The normalized spacial score (nSPS) is 35.3. The van der Waals surface area contributed by atoms with E-state index in [9.17, 15) is 0 Å². The van der Waals surface area contributed by atoms with Crippen molar-refractivity contribution < 1.29 is 0 Å². The Morgan fingerprint density at radius 2 is 1.67 bits per heavy atom. The fourth-order valence-corrected chi connectivity index (χ4v) is 4.08. The summed E-state index contributed by atoms with van der Waals surface area (Å²) in [5.41, 5.74) is 5.98. The maximum atomic E-state index is 5.98. The summed E-state index contributed by atoms with van der Waals surface area (Å²) in [6.45, 7) is 5.95. The van der Waals surface area contributed by atoms with Gasteiger partial charge in [-0.25, -0.2) is 0 Å². The van der Waals surface area contributed by atoms with Gasteiger partial charge in [0.15, 0.2) is 0 Å². The van der Waals surface area contributed by atoms with Crippen LogP contribution in [0.25, 0.3) is 0 Å². The van der Waals surface area contributed by atoms with Crippen molar-refractivity contribution in [3.8, 4) is 0 Å². The van der Waals surface area contributed by atoms with Gasteiger partial charge < -0.3 is 10.6 Å². The van der Waals surface area contributed by atoms with Gasteiger partial charge in [-0.3, -0.25) is 0 Å². The zero-order valence-corrected chi connectivity index (χ0v) is 12.2. The molecule has 2 aliphatic rings. The largest absolute Gasteiger partial charge is 0.330 e. The van der Waals surface area contributed by atoms with Crippen molar-refractivity contribution in [3.05, 3.63) is 0 Å². The number of likely N-dealkylation sites (tertiary alicyclic amines) is 1. The number of nitrogens with two attached hydrogens (primary N) is 1. The summed E-state index contributed by atoms with van der Waals surface area (Å²) in [4.78, 5) is 2.81. The van der Waals surface area contributed by atoms with E-state index in [1.165, 1.54) is 70.9 Å². The minimum atomic E-state index is 0.805. The van der Waals surface area contributed by atoms with Crippen LogP contribution < -0.4 is 5.73 Å². The van der Waals surface area contributed by atoms with E-state index in [2.05, 4.69) is 11.8 Å². The summed E-state index contributed by atoms with van der Waals surface area (Å²) in [7, 11) is 0. The molecule has 3 atom stereocenters. The quantitative estimate of drug-likeness (QED) is 0.831. The maximum Gasteiger partial charge on any atom is 0.00927 e. The molecule has 1 aliphatic carbocycles. The minimum absolute atomic E-state index is 0.805. The molecule has 0 aromatic heterocycles. The van der Waals surface area contributed by atoms with Crippen molar-refractivity contribution in [2.75, 3.05) is 19.6 Å². The summed E-state index contributed by atoms with van der Waals surface area (Å²) in [5.74, 6) is 1.69. The SMILES string of the molecule is CCC1CCCCCN1CC1CCCCC1CN. The zero-order valence-electron chi connectivity index (χ0n) is 12.2. The molecular weight excluding hydrogens is 220 g/mol. The Bertz CT molecular complexity index is 229. The highest BCUT2D eigenvalue weighted by atomic mass is 15.2. The van der Waals surface area contributed by atoms with Gasteiger partial charge in [0.25, 0.3) is 0 Å². The van der Waals surface area contributed by atoms with Gasteiger partial charge in [0.1, 0.15) is 0 Å². The first-order valence-electron chi connectivity index (χ1n) is 8.29. The van der Waals surface area contributed by atoms with Gasteiger partial charge in [-0.1, -0.05) is 32.6 Å². The van der Waals surface area contributed by atoms with E-state index >= 15 is 0 Å². The van der Waals surface area contributed by atoms with Crippen LogP contribution in [0.4, 0.5) is 0 Å². The molecule has 18 heavy (non-hydrogen) atoms. The molecule has 0 spiro atoms. The lowest BCUT2D eigenvalue weighted by Crippen LogP contribution is -2.42. The van der Waals surface area contributed by atoms with E-state index in [-0.39, 0.29) is 0 Å². The third kappa shape index (κ3) is 3.71. The van der Waals surface area contributed by atoms with Gasteiger partial charge in [-0.15, -0.1) is 0 Å². The van der Waals surface area contributed by atoms with E-state index in [4.69, 9.17) is 5.73 Å². The lowest BCUT2D eigenvalue weighted by atomic mass is 9.78. The van der Waals surface area contributed by atoms with Gasteiger partial charge in [0.05, 0.1) is 0 Å². The van der Waals surface area contributed by atoms with Crippen molar-refractivity contribution in [2.45, 2.75) is 70.8 Å². The summed E-state index contributed by atoms with van der Waals surface area (Å²) in [5, 5.41) is 0. The van der Waals surface area contributed by atoms with Crippen LogP contribution in [-0.4, -0.2) is 30.6 Å². The second-order valence-electron chi connectivity index (χ2n) is 6.45. The molecule has 2 rings (SSSR count). The molecule has 2 fully saturated rings. The molecule has 3 unspecified atom stereocenters. The average molecular weight is 252 g/mol. The smallest absolute Gasteiger partial charge is 0.00927 e. The van der Waals surface area contributed by atoms with Gasteiger partial charge in [0.2, 0.25) is 0 Å². The zero-order chi connectivity index (χ0) is 12.8. The van der Waals surface area contributed by atoms with E-state index < -0.39 is 0 Å². The minimum Gasteiger partial charge on any atom is -0.330 e. The Labute approximate surface area is 113 Å². The molecule has 0 bridgehead atoms. The monoisotopic (exact) mass is 252 g/mol. The second kappa shape index (κ2) is 7.49. The molecule has 106 valence electrons. The molecule has 0 amide bonds. The fraction of sp³-hybridized carbons (Fsp3) is 1.00. The average Bonchev–Trinajstić information content (AvgIpc) is 2.64. The molecule has 0 radical (unpaired) electrons. The van der Waals surface area contributed by atoms with Crippen molar-refractivity contribution in [1.82, 2.24) is 4.90 Å². The van der Waals surface area contributed by atoms with Gasteiger partial charge in [-0.2, -0.15) is 0 Å². The van der Waals surface area contributed by atoms with Crippen LogP contribution in [0.3, 0.4) is 0 Å². The summed E-state index contributed by atoms with van der Waals surface area (Å²) >= 11 is 0. The first-order valence-corrected chi connectivity index (χ1v) is 8.29. The van der Waals surface area contributed by atoms with Gasteiger partial charge in [0, 0.05) is 12.6 Å². The lowest BCUT2D eigenvalue weighted by Gasteiger charge is -2.37. The van der Waals surface area contributed by atoms with Crippen LogP contribution in [0.15, 0.2) is 0 Å². The van der Waals surface area contributed by atoms with Crippen LogP contribution in [0.1, 0.15) is 64.7 Å². The third-order valence-electron chi connectivity index (χ3n) is 5.31. The highest BCUT2D eigenvalue weighted by Gasteiger charge is 2.28. The van der Waals surface area contributed by atoms with Crippen molar-refractivity contribution in [1.29, 1.82) is 0 Å². The molecule has 1 saturated carbocycles. The van der Waals surface area contributed by atoms with Crippen LogP contribution in [0, 0.1) is 11.8 Å². The van der Waals surface area contributed by atoms with E-state index in [1.807, 2.05) is 0 Å². The molecule has 2 N–H and O–H groups in total. The standard InChI is InChI=1S/C16H32N2/c1-2-16-10-4-3-7-11-18(16)13-15-9-6-5-8-14(15)12-17/h14-16H,2-13,17H2,1H3. The Morgan fingerprint density at radius 3 is 2.39 bits per heavy atom. The van der Waals surface area contributed by atoms with Crippen LogP contribution in [0.2, 0.25) is 0 Å². The Kier molecular flexibility index (Phi) is 5.97. The molecule has 1 aliphatic heterocycles. The molecule has 2 nitrogen and oxygen atoms in total. The first-order chi connectivity index (χ1) is 8.85. The van der Waals surface area contributed by atoms with E-state index in [0.717, 1.165) is 24.4 Å². The van der Waals surface area contributed by atoms with Crippen molar-refractivity contribution in [3.63, 3.8) is 0 Å². The number of hydrogen-bond acceptors (Lipinski definition) is 2. The Morgan fingerprint density at radius 1 is 0.944 bits per heavy atom. The topological polar surface area (TPSA) is 29.3 Å². The Balaban J connectivity index is 1.91. The molecule has 1 heterocycles. The highest BCUT2D eigenvalue weighted by Crippen LogP contribution is 2.31. The van der Waals surface area contributed by atoms with Gasteiger partial charge >= 0.3 is 0 Å². The molecule has 2 heteroatoms. The number of nitrogens with zero attached hydrogens (tertiary/aromatic N) is 1. The maximum absolute atomic E-state index is 5.98. The van der Waals surface area contributed by atoms with Crippen LogP contribution in [0.5, 0.6) is 0 Å². The Hall–Kier alpha value is -0.0800. The molecular formula is C16H32N2. The summed E-state index contributed by atoms with van der Waals surface area (Å²) in [6, 6.07) is 0.854. The van der Waals surface area contributed by atoms with E-state index in [0.29, 0.717) is 0 Å². The highest BCUT2D eigenvalue weighted by molar-refractivity contribution is 4.82. The lowest BCUT2D eigenvalue weighted by molar-refractivity contribution is 0.117. The summed E-state index contributed by atoms with van der Waals surface area (Å²) < 4.78 is 0. The second-order valence-corrected chi connectivity index (χ2v) is 6.45. The van der Waals surface area contributed by atoms with E-state index in [1.54, 1.807) is 0 Å². The third-order valence-corrected chi connectivity index (χ3v) is 5.31. The molecule has 0 aromatic rings. The number of hydrogen-bond donors (Lipinski definition) is 1.